The van der Waals surface area contributed by atoms with Crippen LogP contribution in [0.25, 0.3) is 0 Å². The lowest BCUT2D eigenvalue weighted by Crippen LogP contribution is -2.14. The van der Waals surface area contributed by atoms with Crippen molar-refractivity contribution in [2.24, 2.45) is 0 Å². The summed E-state index contributed by atoms with van der Waals surface area (Å²) in [6.07, 6.45) is 1.60. The smallest absolute Gasteiger partial charge is 0.139 e. The Balaban J connectivity index is 2.34. The molecule has 1 aromatic carbocycles. The SMILES string of the molecule is COc1cc2c(c(Cl)c1Cl)C(COCCCl)OCCC2. The molecule has 6 heteroatoms. The van der Waals surface area contributed by atoms with E-state index in [1.807, 2.05) is 6.07 Å². The molecule has 0 radical (unpaired) electrons. The molecule has 3 nitrogen and oxygen atoms in total. The van der Waals surface area contributed by atoms with Crippen molar-refractivity contribution in [3.63, 3.8) is 0 Å². The topological polar surface area (TPSA) is 27.7 Å². The van der Waals surface area contributed by atoms with Gasteiger partial charge < -0.3 is 14.2 Å². The summed E-state index contributed by atoms with van der Waals surface area (Å²) in [5.74, 6) is 1.05. The maximum Gasteiger partial charge on any atom is 0.139 e. The highest BCUT2D eigenvalue weighted by Gasteiger charge is 2.26. The first-order valence-electron chi connectivity index (χ1n) is 6.49. The van der Waals surface area contributed by atoms with Gasteiger partial charge in [0.05, 0.1) is 25.3 Å². The molecule has 0 N–H and O–H groups in total. The fourth-order valence-corrected chi connectivity index (χ4v) is 3.00. The summed E-state index contributed by atoms with van der Waals surface area (Å²) in [7, 11) is 1.58. The summed E-state index contributed by atoms with van der Waals surface area (Å²) >= 11 is 18.3. The van der Waals surface area contributed by atoms with E-state index in [-0.39, 0.29) is 6.10 Å². The standard InChI is InChI=1S/C14H17Cl3O3/c1-18-10-7-9-3-2-5-20-11(8-19-6-4-15)12(9)14(17)13(10)16/h7,11H,2-6,8H2,1H3. The van der Waals surface area contributed by atoms with E-state index in [9.17, 15) is 0 Å². The van der Waals surface area contributed by atoms with Crippen molar-refractivity contribution in [1.29, 1.82) is 0 Å². The number of ether oxygens (including phenoxy) is 3. The molecule has 0 saturated carbocycles. The van der Waals surface area contributed by atoms with E-state index in [1.165, 1.54) is 0 Å². The molecule has 1 aliphatic heterocycles. The Morgan fingerprint density at radius 1 is 1.35 bits per heavy atom. The van der Waals surface area contributed by atoms with Crippen LogP contribution in [0, 0.1) is 0 Å². The summed E-state index contributed by atoms with van der Waals surface area (Å²) in [6, 6.07) is 1.94. The minimum Gasteiger partial charge on any atom is -0.495 e. The molecule has 20 heavy (non-hydrogen) atoms. The quantitative estimate of drug-likeness (QED) is 0.592. The van der Waals surface area contributed by atoms with Crippen LogP contribution >= 0.6 is 34.8 Å². The second kappa shape index (κ2) is 7.71. The van der Waals surface area contributed by atoms with Gasteiger partial charge in [0.25, 0.3) is 0 Å². The van der Waals surface area contributed by atoms with Crippen molar-refractivity contribution in [3.05, 3.63) is 27.2 Å². The van der Waals surface area contributed by atoms with Gasteiger partial charge in [0, 0.05) is 18.1 Å². The average molecular weight is 340 g/mol. The van der Waals surface area contributed by atoms with Crippen LogP contribution in [-0.2, 0) is 15.9 Å². The monoisotopic (exact) mass is 338 g/mol. The second-order valence-corrected chi connectivity index (χ2v) is 5.64. The molecule has 1 atom stereocenters. The summed E-state index contributed by atoms with van der Waals surface area (Å²) in [5.41, 5.74) is 2.01. The van der Waals surface area contributed by atoms with E-state index < -0.39 is 0 Å². The highest BCUT2D eigenvalue weighted by atomic mass is 35.5. The summed E-state index contributed by atoms with van der Waals surface area (Å²) in [6.45, 7) is 1.57. The Morgan fingerprint density at radius 3 is 2.85 bits per heavy atom. The summed E-state index contributed by atoms with van der Waals surface area (Å²) in [5, 5.41) is 0.906. The molecular weight excluding hydrogens is 323 g/mol. The van der Waals surface area contributed by atoms with Gasteiger partial charge in [0.1, 0.15) is 16.9 Å². The molecule has 0 bridgehead atoms. The third kappa shape index (κ3) is 3.52. The van der Waals surface area contributed by atoms with Crippen LogP contribution in [0.3, 0.4) is 0 Å². The number of rotatable bonds is 5. The van der Waals surface area contributed by atoms with E-state index >= 15 is 0 Å². The summed E-state index contributed by atoms with van der Waals surface area (Å²) in [4.78, 5) is 0. The lowest BCUT2D eigenvalue weighted by Gasteiger charge is -2.21. The molecule has 2 rings (SSSR count). The number of hydrogen-bond donors (Lipinski definition) is 0. The summed E-state index contributed by atoms with van der Waals surface area (Å²) < 4.78 is 16.6. The number of fused-ring (bicyclic) bond motifs is 1. The van der Waals surface area contributed by atoms with Crippen molar-refractivity contribution in [2.75, 3.05) is 32.8 Å². The maximum atomic E-state index is 6.40. The van der Waals surface area contributed by atoms with Crippen molar-refractivity contribution in [1.82, 2.24) is 0 Å². The van der Waals surface area contributed by atoms with Gasteiger partial charge in [0.15, 0.2) is 0 Å². The van der Waals surface area contributed by atoms with Gasteiger partial charge in [0.2, 0.25) is 0 Å². The van der Waals surface area contributed by atoms with Crippen LogP contribution in [0.5, 0.6) is 5.75 Å². The lowest BCUT2D eigenvalue weighted by atomic mass is 9.99. The predicted octanol–water partition coefficient (Wildman–Crippen LogP) is 4.26. The number of halogens is 3. The molecule has 0 fully saturated rings. The number of aryl methyl sites for hydroxylation is 1. The number of methoxy groups -OCH3 is 1. The molecule has 1 unspecified atom stereocenters. The van der Waals surface area contributed by atoms with Crippen molar-refractivity contribution in [3.8, 4) is 5.75 Å². The van der Waals surface area contributed by atoms with Gasteiger partial charge in [-0.2, -0.15) is 0 Å². The third-order valence-corrected chi connectivity index (χ3v) is 4.26. The molecule has 112 valence electrons. The largest absolute Gasteiger partial charge is 0.495 e. The maximum absolute atomic E-state index is 6.40. The fraction of sp³-hybridized carbons (Fsp3) is 0.571. The molecule has 0 aliphatic carbocycles. The van der Waals surface area contributed by atoms with Gasteiger partial charge in [-0.1, -0.05) is 23.2 Å². The van der Waals surface area contributed by atoms with Gasteiger partial charge in [-0.05, 0) is 24.5 Å². The zero-order valence-electron chi connectivity index (χ0n) is 11.3. The first kappa shape index (κ1) is 16.2. The van der Waals surface area contributed by atoms with Crippen LogP contribution < -0.4 is 4.74 Å². The Hall–Kier alpha value is -0.190. The zero-order valence-corrected chi connectivity index (χ0v) is 13.5. The van der Waals surface area contributed by atoms with Crippen LogP contribution in [0.15, 0.2) is 6.07 Å². The molecule has 0 spiro atoms. The number of alkyl halides is 1. The van der Waals surface area contributed by atoms with Crippen molar-refractivity contribution in [2.45, 2.75) is 18.9 Å². The minimum atomic E-state index is -0.216. The second-order valence-electron chi connectivity index (χ2n) is 4.51. The lowest BCUT2D eigenvalue weighted by molar-refractivity contribution is -0.0119. The molecule has 1 aliphatic rings. The van der Waals surface area contributed by atoms with E-state index in [4.69, 9.17) is 49.0 Å². The molecule has 1 heterocycles. The first-order valence-corrected chi connectivity index (χ1v) is 7.78. The van der Waals surface area contributed by atoms with Gasteiger partial charge in [-0.3, -0.25) is 0 Å². The highest BCUT2D eigenvalue weighted by molar-refractivity contribution is 6.43. The van der Waals surface area contributed by atoms with Gasteiger partial charge >= 0.3 is 0 Å². The van der Waals surface area contributed by atoms with Gasteiger partial charge in [-0.15, -0.1) is 11.6 Å². The Bertz CT molecular complexity index is 465. The number of hydrogen-bond acceptors (Lipinski definition) is 3. The Labute approximate surface area is 134 Å². The predicted molar refractivity (Wildman–Crippen MR) is 81.6 cm³/mol. The molecular formula is C14H17Cl3O3. The van der Waals surface area contributed by atoms with Crippen LogP contribution in [0.1, 0.15) is 23.7 Å². The van der Waals surface area contributed by atoms with E-state index in [2.05, 4.69) is 0 Å². The molecule has 0 saturated heterocycles. The zero-order chi connectivity index (χ0) is 14.5. The van der Waals surface area contributed by atoms with Crippen LogP contribution in [-0.4, -0.2) is 32.8 Å². The first-order chi connectivity index (χ1) is 9.69. The van der Waals surface area contributed by atoms with E-state index in [0.29, 0.717) is 41.5 Å². The minimum absolute atomic E-state index is 0.216. The highest BCUT2D eigenvalue weighted by Crippen LogP contribution is 2.42. The van der Waals surface area contributed by atoms with E-state index in [0.717, 1.165) is 24.0 Å². The molecule has 1 aromatic rings. The average Bonchev–Trinajstić information content (AvgIpc) is 2.65. The number of benzene rings is 1. The van der Waals surface area contributed by atoms with Crippen LogP contribution in [0.4, 0.5) is 0 Å². The Morgan fingerprint density at radius 2 is 2.15 bits per heavy atom. The van der Waals surface area contributed by atoms with Crippen molar-refractivity contribution >= 4 is 34.8 Å². The van der Waals surface area contributed by atoms with Gasteiger partial charge in [-0.25, -0.2) is 0 Å². The van der Waals surface area contributed by atoms with Crippen molar-refractivity contribution < 1.29 is 14.2 Å². The van der Waals surface area contributed by atoms with Crippen LogP contribution in [0.2, 0.25) is 10.0 Å². The molecule has 0 aromatic heterocycles. The fourth-order valence-electron chi connectivity index (χ4n) is 2.32. The normalized spacial score (nSPS) is 18.5. The van der Waals surface area contributed by atoms with E-state index in [1.54, 1.807) is 7.11 Å². The Kier molecular flexibility index (Phi) is 6.24. The third-order valence-electron chi connectivity index (χ3n) is 3.24. The molecule has 0 amide bonds.